The summed E-state index contributed by atoms with van der Waals surface area (Å²) in [5, 5.41) is 9.64. The zero-order chi connectivity index (χ0) is 23.8. The smallest absolute Gasteiger partial charge is 0.410 e. The molecule has 0 aliphatic heterocycles. The number of amides is 1. The Kier molecular flexibility index (Phi) is 9.25. The van der Waals surface area contributed by atoms with E-state index in [4.69, 9.17) is 10.5 Å². The van der Waals surface area contributed by atoms with Gasteiger partial charge in [-0.2, -0.15) is 0 Å². The van der Waals surface area contributed by atoms with E-state index in [1.807, 2.05) is 81.4 Å². The van der Waals surface area contributed by atoms with Gasteiger partial charge in [0.2, 0.25) is 0 Å². The van der Waals surface area contributed by atoms with Crippen molar-refractivity contribution in [3.63, 3.8) is 0 Å². The molecule has 0 aromatic heterocycles. The molecule has 3 N–H and O–H groups in total. The third kappa shape index (κ3) is 8.06. The summed E-state index contributed by atoms with van der Waals surface area (Å²) < 4.78 is 5.29. The highest BCUT2D eigenvalue weighted by Gasteiger charge is 2.42. The van der Waals surface area contributed by atoms with Crippen LogP contribution >= 0.6 is 0 Å². The van der Waals surface area contributed by atoms with Gasteiger partial charge in [-0.25, -0.2) is 9.59 Å². The molecule has 0 spiro atoms. The lowest BCUT2D eigenvalue weighted by atomic mass is 9.77. The highest BCUT2D eigenvalue weighted by Crippen LogP contribution is 2.31. The Labute approximate surface area is 186 Å². The fraction of sp³-hybridized carbons (Fsp3) is 0.440. The van der Waals surface area contributed by atoms with Crippen molar-refractivity contribution >= 4 is 12.1 Å². The molecule has 2 aromatic carbocycles. The molecule has 0 aliphatic rings. The first-order valence-corrected chi connectivity index (χ1v) is 10.3. The minimum absolute atomic E-state index is 0.159. The molecule has 0 unspecified atom stereocenters. The van der Waals surface area contributed by atoms with Crippen LogP contribution < -0.4 is 5.73 Å². The van der Waals surface area contributed by atoms with Crippen LogP contribution in [0.2, 0.25) is 0 Å². The SMILES string of the molecule is CN(C(=O)OC(C)(C)C)[C@H](C(=O)O)C(C)(C)c1ccccc1.C[C@H](N)c1ccccc1. The van der Waals surface area contributed by atoms with Gasteiger partial charge >= 0.3 is 12.1 Å². The quantitative estimate of drug-likeness (QED) is 0.700. The molecule has 1 amide bonds. The van der Waals surface area contributed by atoms with Gasteiger partial charge in [0.05, 0.1) is 0 Å². The fourth-order valence-electron chi connectivity index (χ4n) is 3.18. The van der Waals surface area contributed by atoms with E-state index in [1.54, 1.807) is 20.8 Å². The van der Waals surface area contributed by atoms with Crippen molar-refractivity contribution in [3.8, 4) is 0 Å². The van der Waals surface area contributed by atoms with Crippen LogP contribution in [0.4, 0.5) is 4.79 Å². The minimum Gasteiger partial charge on any atom is -0.480 e. The number of nitrogens with zero attached hydrogens (tertiary/aromatic N) is 1. The molecule has 6 nitrogen and oxygen atoms in total. The first-order chi connectivity index (χ1) is 14.3. The maximum absolute atomic E-state index is 12.2. The molecule has 2 atom stereocenters. The maximum Gasteiger partial charge on any atom is 0.410 e. The summed E-state index contributed by atoms with van der Waals surface area (Å²) in [6.07, 6.45) is -0.649. The lowest BCUT2D eigenvalue weighted by Gasteiger charge is -2.38. The van der Waals surface area contributed by atoms with Crippen LogP contribution in [0.3, 0.4) is 0 Å². The lowest BCUT2D eigenvalue weighted by molar-refractivity contribution is -0.145. The average Bonchev–Trinajstić information content (AvgIpc) is 2.68. The number of ether oxygens (including phenoxy) is 1. The number of carboxylic acid groups (broad SMARTS) is 1. The molecule has 31 heavy (non-hydrogen) atoms. The predicted molar refractivity (Wildman–Crippen MR) is 124 cm³/mol. The molecule has 0 radical (unpaired) electrons. The van der Waals surface area contributed by atoms with E-state index in [-0.39, 0.29) is 6.04 Å². The monoisotopic (exact) mass is 428 g/mol. The second-order valence-electron chi connectivity index (χ2n) is 9.12. The van der Waals surface area contributed by atoms with Crippen LogP contribution in [0, 0.1) is 0 Å². The predicted octanol–water partition coefficient (Wildman–Crippen LogP) is 4.99. The topological polar surface area (TPSA) is 92.9 Å². The molecule has 0 bridgehead atoms. The van der Waals surface area contributed by atoms with E-state index in [1.165, 1.54) is 12.6 Å². The highest BCUT2D eigenvalue weighted by atomic mass is 16.6. The van der Waals surface area contributed by atoms with Crippen molar-refractivity contribution in [2.45, 2.75) is 64.6 Å². The first kappa shape index (κ1) is 26.2. The number of benzene rings is 2. The molecule has 170 valence electrons. The lowest BCUT2D eigenvalue weighted by Crippen LogP contribution is -2.54. The molecule has 2 rings (SSSR count). The zero-order valence-corrected chi connectivity index (χ0v) is 19.6. The molecule has 0 heterocycles. The Morgan fingerprint density at radius 2 is 1.39 bits per heavy atom. The third-order valence-electron chi connectivity index (χ3n) is 4.83. The molecular weight excluding hydrogens is 392 g/mol. The van der Waals surface area contributed by atoms with Gasteiger partial charge in [-0.05, 0) is 38.8 Å². The number of hydrogen-bond acceptors (Lipinski definition) is 4. The standard InChI is InChI=1S/C17H25NO4.C8H11N/c1-16(2,3)22-15(21)18(6)13(14(19)20)17(4,5)12-10-8-7-9-11-12;1-7(9)8-5-3-2-4-6-8/h7-11,13H,1-6H3,(H,19,20);2-7H,9H2,1H3/t13-;7-/m10/s1. The number of rotatable bonds is 5. The Morgan fingerprint density at radius 3 is 1.74 bits per heavy atom. The first-order valence-electron chi connectivity index (χ1n) is 10.3. The number of nitrogens with two attached hydrogens (primary N) is 1. The maximum atomic E-state index is 12.2. The van der Waals surface area contributed by atoms with Crippen molar-refractivity contribution in [3.05, 3.63) is 71.8 Å². The molecule has 2 aromatic rings. The van der Waals surface area contributed by atoms with Crippen molar-refractivity contribution < 1.29 is 19.4 Å². The van der Waals surface area contributed by atoms with Gasteiger partial charge in [0.25, 0.3) is 0 Å². The van der Waals surface area contributed by atoms with Crippen molar-refractivity contribution in [1.29, 1.82) is 0 Å². The highest BCUT2D eigenvalue weighted by molar-refractivity contribution is 5.82. The van der Waals surface area contributed by atoms with E-state index >= 15 is 0 Å². The number of carbonyl (C=O) groups is 2. The molecule has 0 saturated heterocycles. The van der Waals surface area contributed by atoms with Gasteiger partial charge in [-0.1, -0.05) is 74.5 Å². The van der Waals surface area contributed by atoms with E-state index in [2.05, 4.69) is 0 Å². The normalized spacial score (nSPS) is 13.3. The number of carboxylic acids is 1. The minimum atomic E-state index is -1.07. The molecule has 0 fully saturated rings. The largest absolute Gasteiger partial charge is 0.480 e. The summed E-state index contributed by atoms with van der Waals surface area (Å²) in [5.74, 6) is -1.07. The Bertz CT molecular complexity index is 828. The third-order valence-corrected chi connectivity index (χ3v) is 4.83. The summed E-state index contributed by atoms with van der Waals surface area (Å²) in [4.78, 5) is 25.2. The zero-order valence-electron chi connectivity index (χ0n) is 19.6. The summed E-state index contributed by atoms with van der Waals surface area (Å²) in [6.45, 7) is 10.8. The van der Waals surface area contributed by atoms with Crippen LogP contribution in [0.25, 0.3) is 0 Å². The van der Waals surface area contributed by atoms with Gasteiger partial charge in [0, 0.05) is 18.5 Å². The number of hydrogen-bond donors (Lipinski definition) is 2. The Hall–Kier alpha value is -2.86. The van der Waals surface area contributed by atoms with Crippen LogP contribution in [-0.2, 0) is 14.9 Å². The molecule has 6 heteroatoms. The Morgan fingerprint density at radius 1 is 0.935 bits per heavy atom. The van der Waals surface area contributed by atoms with E-state index in [0.29, 0.717) is 0 Å². The number of likely N-dealkylation sites (N-methyl/N-ethyl adjacent to an activating group) is 1. The van der Waals surface area contributed by atoms with Gasteiger partial charge in [0.15, 0.2) is 0 Å². The van der Waals surface area contributed by atoms with Crippen LogP contribution in [0.15, 0.2) is 60.7 Å². The summed E-state index contributed by atoms with van der Waals surface area (Å²) in [6, 6.07) is 18.5. The molecule has 0 saturated carbocycles. The van der Waals surface area contributed by atoms with Crippen LogP contribution in [0.5, 0.6) is 0 Å². The van der Waals surface area contributed by atoms with Crippen molar-refractivity contribution in [2.24, 2.45) is 5.73 Å². The van der Waals surface area contributed by atoms with Crippen LogP contribution in [-0.4, -0.2) is 40.8 Å². The number of aliphatic carboxylic acids is 1. The van der Waals surface area contributed by atoms with Gasteiger partial charge in [0.1, 0.15) is 11.6 Å². The fourth-order valence-corrected chi connectivity index (χ4v) is 3.18. The van der Waals surface area contributed by atoms with Crippen molar-refractivity contribution in [2.75, 3.05) is 7.05 Å². The van der Waals surface area contributed by atoms with E-state index in [0.717, 1.165) is 10.5 Å². The second kappa shape index (κ2) is 11.0. The average molecular weight is 429 g/mol. The molecular formula is C25H36N2O4. The second-order valence-corrected chi connectivity index (χ2v) is 9.12. The summed E-state index contributed by atoms with van der Waals surface area (Å²) in [7, 11) is 1.46. The van der Waals surface area contributed by atoms with Crippen LogP contribution in [0.1, 0.15) is 58.7 Å². The van der Waals surface area contributed by atoms with Crippen molar-refractivity contribution in [1.82, 2.24) is 4.90 Å². The van der Waals surface area contributed by atoms with E-state index in [9.17, 15) is 14.7 Å². The Balaban J connectivity index is 0.000000442. The van der Waals surface area contributed by atoms with E-state index < -0.39 is 29.1 Å². The van der Waals surface area contributed by atoms with Gasteiger partial charge in [-0.15, -0.1) is 0 Å². The molecule has 0 aliphatic carbocycles. The summed E-state index contributed by atoms with van der Waals surface area (Å²) >= 11 is 0. The number of carbonyl (C=O) groups excluding carboxylic acids is 1. The summed E-state index contributed by atoms with van der Waals surface area (Å²) in [5.41, 5.74) is 6.21. The van der Waals surface area contributed by atoms with Gasteiger partial charge in [-0.3, -0.25) is 4.90 Å². The van der Waals surface area contributed by atoms with Gasteiger partial charge < -0.3 is 15.6 Å².